The number of aromatic amines is 2. The Labute approximate surface area is 169 Å². The summed E-state index contributed by atoms with van der Waals surface area (Å²) in [5, 5.41) is 7.97. The van der Waals surface area contributed by atoms with E-state index in [2.05, 4.69) is 31.4 Å². The maximum Gasteiger partial charge on any atom is 0.264 e. The van der Waals surface area contributed by atoms with Gasteiger partial charge >= 0.3 is 0 Å². The number of nitrogens with zero attached hydrogens (tertiary/aromatic N) is 1. The number of nitrogens with one attached hydrogen (secondary N) is 3. The van der Waals surface area contributed by atoms with Crippen molar-refractivity contribution in [3.05, 3.63) is 68.9 Å². The second-order valence-corrected chi connectivity index (χ2v) is 9.11. The highest BCUT2D eigenvalue weighted by Crippen LogP contribution is 2.26. The van der Waals surface area contributed by atoms with Gasteiger partial charge in [0.2, 0.25) is 10.0 Å². The van der Waals surface area contributed by atoms with E-state index in [9.17, 15) is 18.0 Å². The summed E-state index contributed by atoms with van der Waals surface area (Å²) in [6, 6.07) is 12.7. The van der Waals surface area contributed by atoms with Gasteiger partial charge in [0.15, 0.2) is 0 Å². The predicted molar refractivity (Wildman–Crippen MR) is 110 cm³/mol. The SMILES string of the molecule is CN(C)S(=O)(=O)c1ccc(C(=O)Nc2ccc(-c3cc(=O)[nH][nH]3)cc2)cc1Br. The van der Waals surface area contributed by atoms with Crippen molar-refractivity contribution in [3.63, 3.8) is 0 Å². The number of halogens is 1. The number of benzene rings is 2. The molecular weight excluding hydrogens is 448 g/mol. The molecule has 0 radical (unpaired) electrons. The van der Waals surface area contributed by atoms with Crippen LogP contribution in [0.2, 0.25) is 0 Å². The summed E-state index contributed by atoms with van der Waals surface area (Å²) in [6.07, 6.45) is 0. The fourth-order valence-electron chi connectivity index (χ4n) is 2.47. The van der Waals surface area contributed by atoms with Crippen LogP contribution in [-0.4, -0.2) is 42.9 Å². The van der Waals surface area contributed by atoms with Crippen LogP contribution in [0, 0.1) is 0 Å². The maximum atomic E-state index is 12.5. The molecule has 0 saturated carbocycles. The zero-order valence-electron chi connectivity index (χ0n) is 15.0. The zero-order chi connectivity index (χ0) is 20.5. The van der Waals surface area contributed by atoms with E-state index in [1.54, 1.807) is 24.3 Å². The molecule has 146 valence electrons. The van der Waals surface area contributed by atoms with E-state index in [0.29, 0.717) is 21.4 Å². The van der Waals surface area contributed by atoms with Gasteiger partial charge in [-0.1, -0.05) is 12.1 Å². The molecule has 0 aliphatic heterocycles. The van der Waals surface area contributed by atoms with E-state index >= 15 is 0 Å². The van der Waals surface area contributed by atoms with Crippen LogP contribution in [0.3, 0.4) is 0 Å². The second kappa shape index (κ2) is 7.74. The number of sulfonamides is 1. The fraction of sp³-hybridized carbons (Fsp3) is 0.111. The van der Waals surface area contributed by atoms with E-state index in [4.69, 9.17) is 0 Å². The average molecular weight is 465 g/mol. The van der Waals surface area contributed by atoms with Crippen LogP contribution in [0.4, 0.5) is 5.69 Å². The molecule has 3 N–H and O–H groups in total. The molecule has 10 heteroatoms. The van der Waals surface area contributed by atoms with Gasteiger partial charge in [0.05, 0.1) is 10.6 Å². The number of hydrogen-bond acceptors (Lipinski definition) is 4. The van der Waals surface area contributed by atoms with Crippen LogP contribution in [-0.2, 0) is 10.0 Å². The Balaban J connectivity index is 1.78. The molecule has 1 amide bonds. The molecule has 0 aliphatic rings. The summed E-state index contributed by atoms with van der Waals surface area (Å²) >= 11 is 3.22. The van der Waals surface area contributed by atoms with Crippen LogP contribution in [0.1, 0.15) is 10.4 Å². The third kappa shape index (κ3) is 4.08. The van der Waals surface area contributed by atoms with E-state index in [1.165, 1.54) is 38.4 Å². The van der Waals surface area contributed by atoms with Crippen LogP contribution in [0.5, 0.6) is 0 Å². The second-order valence-electron chi connectivity index (χ2n) is 6.14. The lowest BCUT2D eigenvalue weighted by molar-refractivity contribution is 0.102. The molecule has 8 nitrogen and oxygen atoms in total. The van der Waals surface area contributed by atoms with Crippen molar-refractivity contribution in [2.24, 2.45) is 0 Å². The zero-order valence-corrected chi connectivity index (χ0v) is 17.4. The van der Waals surface area contributed by atoms with Gasteiger partial charge in [0, 0.05) is 35.9 Å². The Hall–Kier alpha value is -2.69. The monoisotopic (exact) mass is 464 g/mol. The summed E-state index contributed by atoms with van der Waals surface area (Å²) in [6.45, 7) is 0. The van der Waals surface area contributed by atoms with Crippen molar-refractivity contribution in [1.29, 1.82) is 0 Å². The number of carbonyl (C=O) groups excluding carboxylic acids is 1. The molecule has 0 spiro atoms. The number of carbonyl (C=O) groups is 1. The van der Waals surface area contributed by atoms with Crippen LogP contribution >= 0.6 is 15.9 Å². The van der Waals surface area contributed by atoms with Crippen molar-refractivity contribution >= 4 is 37.5 Å². The number of amides is 1. The van der Waals surface area contributed by atoms with Crippen LogP contribution < -0.4 is 10.9 Å². The van der Waals surface area contributed by atoms with Crippen LogP contribution in [0.25, 0.3) is 11.3 Å². The maximum absolute atomic E-state index is 12.5. The normalized spacial score (nSPS) is 11.6. The number of aromatic nitrogens is 2. The predicted octanol–water partition coefficient (Wildman–Crippen LogP) is 2.64. The average Bonchev–Trinajstić information content (AvgIpc) is 3.08. The smallest absolute Gasteiger partial charge is 0.264 e. The third-order valence-electron chi connectivity index (χ3n) is 4.00. The molecule has 0 saturated heterocycles. The van der Waals surface area contributed by atoms with E-state index in [-0.39, 0.29) is 16.4 Å². The highest BCUT2D eigenvalue weighted by atomic mass is 79.9. The van der Waals surface area contributed by atoms with Gasteiger partial charge in [0.1, 0.15) is 0 Å². The van der Waals surface area contributed by atoms with Gasteiger partial charge in [-0.2, -0.15) is 0 Å². The van der Waals surface area contributed by atoms with Gasteiger partial charge in [-0.15, -0.1) is 0 Å². The molecule has 28 heavy (non-hydrogen) atoms. The highest BCUT2D eigenvalue weighted by molar-refractivity contribution is 9.10. The first-order valence-corrected chi connectivity index (χ1v) is 10.3. The summed E-state index contributed by atoms with van der Waals surface area (Å²) in [5.74, 6) is -0.377. The molecule has 1 heterocycles. The molecule has 2 aromatic carbocycles. The molecule has 0 unspecified atom stereocenters. The molecule has 3 rings (SSSR count). The topological polar surface area (TPSA) is 115 Å². The van der Waals surface area contributed by atoms with Crippen molar-refractivity contribution < 1.29 is 13.2 Å². The highest BCUT2D eigenvalue weighted by Gasteiger charge is 2.21. The Bertz CT molecular complexity index is 1180. The molecule has 0 fully saturated rings. The molecular formula is C18H17BrN4O4S. The first kappa shape index (κ1) is 20.1. The Kier molecular flexibility index (Phi) is 5.54. The van der Waals surface area contributed by atoms with Crippen molar-refractivity contribution in [3.8, 4) is 11.3 Å². The van der Waals surface area contributed by atoms with Gasteiger partial charge in [-0.05, 0) is 51.8 Å². The standard InChI is InChI=1S/C18H17BrN4O4S/c1-23(2)28(26,27)16-8-5-12(9-14(16)19)18(25)20-13-6-3-11(4-7-13)15-10-17(24)22-21-15/h3-10H,1-2H3,(H,20,25)(H2,21,22,24). The summed E-state index contributed by atoms with van der Waals surface area (Å²) < 4.78 is 25.9. The van der Waals surface area contributed by atoms with Gasteiger partial charge in [0.25, 0.3) is 11.5 Å². The Morgan fingerprint density at radius 1 is 1.04 bits per heavy atom. The van der Waals surface area contributed by atoms with Crippen molar-refractivity contribution in [1.82, 2.24) is 14.5 Å². The first-order valence-electron chi connectivity index (χ1n) is 8.10. The molecule has 1 aromatic heterocycles. The van der Waals surface area contributed by atoms with E-state index in [1.807, 2.05) is 0 Å². The minimum Gasteiger partial charge on any atom is -0.322 e. The lowest BCUT2D eigenvalue weighted by Crippen LogP contribution is -2.23. The Morgan fingerprint density at radius 2 is 1.71 bits per heavy atom. The number of anilines is 1. The molecule has 0 aliphatic carbocycles. The summed E-state index contributed by atoms with van der Waals surface area (Å²) in [4.78, 5) is 23.8. The fourth-order valence-corrected chi connectivity index (χ4v) is 4.40. The quantitative estimate of drug-likeness (QED) is 0.538. The van der Waals surface area contributed by atoms with Crippen molar-refractivity contribution in [2.45, 2.75) is 4.90 Å². The van der Waals surface area contributed by atoms with Crippen molar-refractivity contribution in [2.75, 3.05) is 19.4 Å². The van der Waals surface area contributed by atoms with Gasteiger partial charge in [-0.25, -0.2) is 12.7 Å². The van der Waals surface area contributed by atoms with Crippen LogP contribution in [0.15, 0.2) is 62.7 Å². The number of rotatable bonds is 5. The van der Waals surface area contributed by atoms with Gasteiger partial charge < -0.3 is 5.32 Å². The molecule has 0 bridgehead atoms. The number of hydrogen-bond donors (Lipinski definition) is 3. The Morgan fingerprint density at radius 3 is 2.25 bits per heavy atom. The minimum absolute atomic E-state index is 0.0823. The first-order chi connectivity index (χ1) is 13.2. The third-order valence-corrected chi connectivity index (χ3v) is 6.79. The molecule has 3 aromatic rings. The summed E-state index contributed by atoms with van der Waals surface area (Å²) in [5.41, 5.74) is 2.08. The lowest BCUT2D eigenvalue weighted by atomic mass is 10.1. The minimum atomic E-state index is -3.61. The lowest BCUT2D eigenvalue weighted by Gasteiger charge is -2.13. The largest absolute Gasteiger partial charge is 0.322 e. The molecule has 0 atom stereocenters. The van der Waals surface area contributed by atoms with E-state index < -0.39 is 10.0 Å². The van der Waals surface area contributed by atoms with E-state index in [0.717, 1.165) is 9.87 Å². The van der Waals surface area contributed by atoms with Gasteiger partial charge in [-0.3, -0.25) is 19.8 Å². The summed E-state index contributed by atoms with van der Waals surface area (Å²) in [7, 11) is -0.732. The number of H-pyrrole nitrogens is 2.